The fourth-order valence-electron chi connectivity index (χ4n) is 5.29. The molecule has 3 aliphatic carbocycles. The Balaban J connectivity index is 0.00000352. The van der Waals surface area contributed by atoms with E-state index in [0.29, 0.717) is 17.9 Å². The molecule has 3 aromatic carbocycles. The zero-order chi connectivity index (χ0) is 43.5. The van der Waals surface area contributed by atoms with Gasteiger partial charge in [-0.3, -0.25) is 29.9 Å². The summed E-state index contributed by atoms with van der Waals surface area (Å²) >= 11 is 0. The number of rotatable bonds is 10. The van der Waals surface area contributed by atoms with Gasteiger partial charge < -0.3 is 25.6 Å². The van der Waals surface area contributed by atoms with Gasteiger partial charge in [0.15, 0.2) is 5.71 Å². The number of nitrogens with one attached hydrogen (secondary N) is 1. The molecule has 27 heteroatoms. The number of fused-ring (bicyclic) bond motifs is 1. The second-order valence-corrected chi connectivity index (χ2v) is 14.8. The van der Waals surface area contributed by atoms with Crippen LogP contribution < -0.4 is 110 Å². The van der Waals surface area contributed by atoms with E-state index >= 15 is 0 Å². The summed E-state index contributed by atoms with van der Waals surface area (Å²) in [6.07, 6.45) is 11.7. The van der Waals surface area contributed by atoms with E-state index in [4.69, 9.17) is 10.8 Å². The summed E-state index contributed by atoms with van der Waals surface area (Å²) in [7, 11) is -10.7. The first-order chi connectivity index (χ1) is 28.3. The average Bonchev–Trinajstić information content (AvgIpc) is 3.19. The third kappa shape index (κ3) is 12.6. The smallest absolute Gasteiger partial charge is 0.872 e. The second-order valence-electron chi connectivity index (χ2n) is 12.1. The molecule has 0 aromatic heterocycles. The van der Waals surface area contributed by atoms with Crippen LogP contribution in [0.5, 0.6) is 5.75 Å². The molecular formula is C36H22N9Na3O13S2. The molecule has 0 aliphatic heterocycles. The van der Waals surface area contributed by atoms with Crippen LogP contribution in [0, 0.1) is 10.1 Å². The molecule has 0 unspecified atom stereocenters. The molecule has 0 amide bonds. The Morgan fingerprint density at radius 1 is 0.825 bits per heavy atom. The number of Topliss-reactive ketones (excluding diaryl/α,β-unsaturated/α-hetero) is 1. The second kappa shape index (κ2) is 21.5. The summed E-state index contributed by atoms with van der Waals surface area (Å²) in [6, 6.07) is 8.66. The topological polar surface area (TPSA) is 367 Å². The first-order valence-corrected chi connectivity index (χ1v) is 19.2. The Bertz CT molecular complexity index is 2970. The van der Waals surface area contributed by atoms with Gasteiger partial charge in [-0.15, -0.1) is 10.2 Å². The number of hydrogen-bond acceptors (Lipinski definition) is 19. The summed E-state index contributed by atoms with van der Waals surface area (Å²) in [5.74, 6) is -4.02. The first kappa shape index (κ1) is 52.3. The number of allylic oxidation sites excluding steroid dienone is 10. The number of aromatic carboxylic acids is 1. The van der Waals surface area contributed by atoms with Crippen LogP contribution in [0.1, 0.15) is 26.3 Å². The maximum atomic E-state index is 13.7. The number of carboxylic acids is 1. The van der Waals surface area contributed by atoms with Gasteiger partial charge in [0, 0.05) is 12.1 Å². The number of nitrogen functional groups attached to an aromatic ring is 1. The number of azo groups is 1. The third-order valence-corrected chi connectivity index (χ3v) is 9.87. The molecule has 0 radical (unpaired) electrons. The number of non-ortho nitro benzene ring substituents is 1. The van der Waals surface area contributed by atoms with Gasteiger partial charge in [0.1, 0.15) is 20.7 Å². The number of nitro groups is 1. The van der Waals surface area contributed by atoms with Crippen LogP contribution in [-0.4, -0.2) is 70.6 Å². The molecule has 63 heavy (non-hydrogen) atoms. The molecule has 6 rings (SSSR count). The number of benzene rings is 3. The fraction of sp³-hybridized carbons (Fsp3) is 0. The molecule has 3 aliphatic rings. The van der Waals surface area contributed by atoms with Gasteiger partial charge in [0.25, 0.3) is 15.8 Å². The molecule has 22 nitrogen and oxygen atoms in total. The number of nitro benzene ring substituents is 1. The van der Waals surface area contributed by atoms with Crippen molar-refractivity contribution in [1.82, 2.24) is 0 Å². The molecule has 0 saturated carbocycles. The van der Waals surface area contributed by atoms with Crippen LogP contribution in [-0.2, 0) is 20.2 Å². The molecule has 0 spiro atoms. The standard InChI is InChI=1S/C36H25N9O13S2.3Na/c37-31-30-19(15-28(59(53,54)55)32(31)43-40-23-9-12-25(13-10-23)45(51)52)16-29(60(56,57)58)33(34(30)47)44-41-22-7-5-20(6-8-22)38-35(48)18-1-3-21(4-2-18)39-42-24-11-14-27(46)26(17-24)36(49)50;;;/h1-17,42,46,48H,37H2,(H,49,50)(H,53,54,55)(H,56,57,58);;;/q;3*+1/p-3. The van der Waals surface area contributed by atoms with Crippen molar-refractivity contribution in [2.75, 3.05) is 11.2 Å². The predicted molar refractivity (Wildman–Crippen MR) is 210 cm³/mol. The van der Waals surface area contributed by atoms with Crippen LogP contribution in [0.15, 0.2) is 149 Å². The zero-order valence-electron chi connectivity index (χ0n) is 32.7. The fourth-order valence-corrected chi connectivity index (χ4v) is 6.60. The number of aliphatic imine (C=N–C) groups is 1. The van der Waals surface area contributed by atoms with E-state index in [1.54, 1.807) is 0 Å². The van der Waals surface area contributed by atoms with Crippen molar-refractivity contribution in [3.63, 3.8) is 0 Å². The van der Waals surface area contributed by atoms with Crippen LogP contribution in [0.2, 0.25) is 0 Å². The molecule has 0 heterocycles. The molecule has 0 saturated heterocycles. The third-order valence-electron chi connectivity index (χ3n) is 8.15. The number of carbonyl (C=O) groups is 2. The minimum absolute atomic E-state index is 0. The SMILES string of the molecule is Nc1c(N=Nc2ccc([N+](=O)[O-])cc2)c(S(=O)(=O)O)cc2c1C(=O)C(=NN=C1C=CC(=NC([O-])=C3C=CC(=NNc4ccc([O-])c(C(=O)O)c4)C=C3)C=C1)C(S(=O)(=O)[O-])=C2.[Na+].[Na+].[Na+]. The van der Waals surface area contributed by atoms with Gasteiger partial charge in [0.05, 0.1) is 55.2 Å². The number of hydrogen-bond donors (Lipinski definition) is 4. The zero-order valence-corrected chi connectivity index (χ0v) is 40.4. The molecule has 5 N–H and O–H groups in total. The maximum Gasteiger partial charge on any atom is 1.00 e. The summed E-state index contributed by atoms with van der Waals surface area (Å²) in [5.41, 5.74) is 5.31. The van der Waals surface area contributed by atoms with E-state index in [9.17, 15) is 55.9 Å². The number of anilines is 2. The molecular weight excluding hydrogens is 900 g/mol. The van der Waals surface area contributed by atoms with Crippen LogP contribution >= 0.6 is 0 Å². The molecule has 0 atom stereocenters. The number of hydrazone groups is 1. The number of carbonyl (C=O) groups excluding carboxylic acids is 1. The normalized spacial score (nSPS) is 14.9. The van der Waals surface area contributed by atoms with E-state index in [0.717, 1.165) is 36.4 Å². The Hall–Kier alpha value is -5.06. The van der Waals surface area contributed by atoms with Gasteiger partial charge >= 0.3 is 94.6 Å². The van der Waals surface area contributed by atoms with E-state index in [2.05, 4.69) is 36.0 Å². The van der Waals surface area contributed by atoms with Crippen LogP contribution in [0.25, 0.3) is 6.08 Å². The van der Waals surface area contributed by atoms with Crippen molar-refractivity contribution in [1.29, 1.82) is 0 Å². The van der Waals surface area contributed by atoms with Gasteiger partial charge in [-0.1, -0.05) is 24.0 Å². The Kier molecular flexibility index (Phi) is 17.9. The average molecular weight is 922 g/mol. The summed E-state index contributed by atoms with van der Waals surface area (Å²) < 4.78 is 71.4. The molecule has 0 fully saturated rings. The number of carboxylic acid groups (broad SMARTS) is 1. The predicted octanol–water partition coefficient (Wildman–Crippen LogP) is -5.76. The van der Waals surface area contributed by atoms with Crippen molar-refractivity contribution < 1.29 is 144 Å². The van der Waals surface area contributed by atoms with Crippen molar-refractivity contribution in [2.45, 2.75) is 4.90 Å². The Labute approximate surface area is 422 Å². The summed E-state index contributed by atoms with van der Waals surface area (Å²) in [5, 5.41) is 63.7. The number of nitrogens with zero attached hydrogens (tertiary/aromatic N) is 7. The maximum absolute atomic E-state index is 13.7. The number of ketones is 1. The van der Waals surface area contributed by atoms with Gasteiger partial charge in [0.2, 0.25) is 5.78 Å². The Morgan fingerprint density at radius 3 is 2.00 bits per heavy atom. The van der Waals surface area contributed by atoms with E-state index < -0.39 is 92.1 Å². The van der Waals surface area contributed by atoms with Crippen molar-refractivity contribution in [3.8, 4) is 5.75 Å². The molecule has 0 bridgehead atoms. The van der Waals surface area contributed by atoms with Gasteiger partial charge in [-0.2, -0.15) is 23.7 Å². The first-order valence-electron chi connectivity index (χ1n) is 16.4. The number of nitrogens with two attached hydrogens (primary N) is 1. The minimum atomic E-state index is -5.49. The quantitative estimate of drug-likeness (QED) is 0.0215. The van der Waals surface area contributed by atoms with Crippen molar-refractivity contribution in [2.24, 2.45) is 30.5 Å². The summed E-state index contributed by atoms with van der Waals surface area (Å²) in [4.78, 5) is 37.0. The van der Waals surface area contributed by atoms with Crippen LogP contribution in [0.3, 0.4) is 0 Å². The Morgan fingerprint density at radius 2 is 1.43 bits per heavy atom. The van der Waals surface area contributed by atoms with Crippen molar-refractivity contribution in [3.05, 3.63) is 140 Å². The molecule has 3 aromatic rings. The largest absolute Gasteiger partial charge is 1.00 e. The van der Waals surface area contributed by atoms with Gasteiger partial charge in [-0.25, -0.2) is 13.2 Å². The van der Waals surface area contributed by atoms with Crippen molar-refractivity contribution >= 4 is 89.3 Å². The van der Waals surface area contributed by atoms with Gasteiger partial charge in [-0.05, 0) is 89.9 Å². The van der Waals surface area contributed by atoms with Crippen LogP contribution in [0.4, 0.5) is 28.4 Å². The summed E-state index contributed by atoms with van der Waals surface area (Å²) in [6.45, 7) is 0. The minimum Gasteiger partial charge on any atom is -0.872 e. The van der Waals surface area contributed by atoms with E-state index in [1.165, 1.54) is 54.7 Å². The monoisotopic (exact) mass is 921 g/mol. The van der Waals surface area contributed by atoms with E-state index in [1.807, 2.05) is 0 Å². The van der Waals surface area contributed by atoms with E-state index in [-0.39, 0.29) is 123 Å². The molecule has 304 valence electrons.